The molecule has 0 aromatic rings. The Morgan fingerprint density at radius 3 is 2.57 bits per heavy atom. The van der Waals surface area contributed by atoms with Crippen LogP contribution in [0.4, 0.5) is 0 Å². The number of nitriles is 1. The minimum atomic E-state index is 0.253. The summed E-state index contributed by atoms with van der Waals surface area (Å²) in [5, 5.41) is 9.17. The second kappa shape index (κ2) is 4.66. The molecule has 0 aromatic heterocycles. The van der Waals surface area contributed by atoms with E-state index >= 15 is 0 Å². The van der Waals surface area contributed by atoms with Crippen LogP contribution in [0.2, 0.25) is 0 Å². The minimum absolute atomic E-state index is 0.253. The maximum Gasteiger partial charge on any atom is 0.0659 e. The summed E-state index contributed by atoms with van der Waals surface area (Å²) in [6.45, 7) is 6.84. The highest BCUT2D eigenvalue weighted by atomic mass is 79.9. The maximum absolute atomic E-state index is 9.17. The van der Waals surface area contributed by atoms with Crippen molar-refractivity contribution in [2.24, 2.45) is 17.3 Å². The third kappa shape index (κ3) is 2.51. The molecule has 1 rings (SSSR count). The van der Waals surface area contributed by atoms with Crippen LogP contribution in [0, 0.1) is 28.6 Å². The van der Waals surface area contributed by atoms with Gasteiger partial charge in [0.05, 0.1) is 12.0 Å². The lowest BCUT2D eigenvalue weighted by atomic mass is 9.65. The standard InChI is InChI=1S/C12H20BrN/c1-4-12(2,3)11-6-5-10(13)7-9(11)8-14/h9-11H,4-7H2,1-3H3. The zero-order valence-electron chi connectivity index (χ0n) is 9.39. The van der Waals surface area contributed by atoms with E-state index < -0.39 is 0 Å². The van der Waals surface area contributed by atoms with Crippen molar-refractivity contribution in [3.63, 3.8) is 0 Å². The molecule has 80 valence electrons. The summed E-state index contributed by atoms with van der Waals surface area (Å²) in [4.78, 5) is 0.566. The minimum Gasteiger partial charge on any atom is -0.198 e. The van der Waals surface area contributed by atoms with E-state index in [-0.39, 0.29) is 5.92 Å². The Labute approximate surface area is 96.0 Å². The summed E-state index contributed by atoms with van der Waals surface area (Å²) in [5.74, 6) is 0.842. The average Bonchev–Trinajstić information content (AvgIpc) is 2.17. The van der Waals surface area contributed by atoms with E-state index in [4.69, 9.17) is 5.26 Å². The topological polar surface area (TPSA) is 23.8 Å². The number of hydrogen-bond acceptors (Lipinski definition) is 1. The van der Waals surface area contributed by atoms with E-state index in [1.54, 1.807) is 0 Å². The average molecular weight is 258 g/mol. The van der Waals surface area contributed by atoms with E-state index in [0.29, 0.717) is 16.2 Å². The van der Waals surface area contributed by atoms with Crippen LogP contribution >= 0.6 is 15.9 Å². The third-order valence-electron chi connectivity index (χ3n) is 3.87. The van der Waals surface area contributed by atoms with Crippen LogP contribution < -0.4 is 0 Å². The molecule has 0 heterocycles. The molecule has 1 aliphatic rings. The Hall–Kier alpha value is -0.0300. The maximum atomic E-state index is 9.17. The van der Waals surface area contributed by atoms with Crippen molar-refractivity contribution in [2.75, 3.05) is 0 Å². The van der Waals surface area contributed by atoms with Crippen LogP contribution in [0.5, 0.6) is 0 Å². The monoisotopic (exact) mass is 257 g/mol. The molecule has 1 saturated carbocycles. The highest BCUT2D eigenvalue weighted by molar-refractivity contribution is 9.09. The van der Waals surface area contributed by atoms with Crippen molar-refractivity contribution in [3.05, 3.63) is 0 Å². The number of rotatable bonds is 2. The van der Waals surface area contributed by atoms with Gasteiger partial charge in [-0.25, -0.2) is 0 Å². The highest BCUT2D eigenvalue weighted by Crippen LogP contribution is 2.45. The van der Waals surface area contributed by atoms with Crippen molar-refractivity contribution >= 4 is 15.9 Å². The Morgan fingerprint density at radius 1 is 1.43 bits per heavy atom. The molecule has 0 aromatic carbocycles. The summed E-state index contributed by atoms with van der Waals surface area (Å²) in [6.07, 6.45) is 4.63. The van der Waals surface area contributed by atoms with Crippen LogP contribution in [-0.4, -0.2) is 4.83 Å². The smallest absolute Gasteiger partial charge is 0.0659 e. The first-order chi connectivity index (χ1) is 6.51. The molecule has 0 amide bonds. The van der Waals surface area contributed by atoms with Crippen molar-refractivity contribution in [3.8, 4) is 6.07 Å². The lowest BCUT2D eigenvalue weighted by Gasteiger charge is -2.40. The van der Waals surface area contributed by atoms with Crippen molar-refractivity contribution < 1.29 is 0 Å². The van der Waals surface area contributed by atoms with Crippen molar-refractivity contribution in [2.45, 2.75) is 51.3 Å². The third-order valence-corrected chi connectivity index (χ3v) is 4.70. The fraction of sp³-hybridized carbons (Fsp3) is 0.917. The lowest BCUT2D eigenvalue weighted by molar-refractivity contribution is 0.120. The van der Waals surface area contributed by atoms with Crippen LogP contribution in [0.25, 0.3) is 0 Å². The van der Waals surface area contributed by atoms with Crippen LogP contribution in [0.3, 0.4) is 0 Å². The summed E-state index contributed by atoms with van der Waals surface area (Å²) in [6, 6.07) is 2.49. The van der Waals surface area contributed by atoms with Gasteiger partial charge in [-0.1, -0.05) is 43.1 Å². The summed E-state index contributed by atoms with van der Waals surface area (Å²) in [7, 11) is 0. The molecule has 0 saturated heterocycles. The molecule has 1 fully saturated rings. The molecule has 0 bridgehead atoms. The van der Waals surface area contributed by atoms with Crippen LogP contribution in [-0.2, 0) is 0 Å². The molecule has 3 atom stereocenters. The first-order valence-electron chi connectivity index (χ1n) is 5.55. The van der Waals surface area contributed by atoms with Crippen molar-refractivity contribution in [1.29, 1.82) is 5.26 Å². The molecule has 2 heteroatoms. The van der Waals surface area contributed by atoms with E-state index in [2.05, 4.69) is 42.8 Å². The fourth-order valence-corrected chi connectivity index (χ4v) is 3.13. The molecule has 0 spiro atoms. The van der Waals surface area contributed by atoms with Gasteiger partial charge in [-0.05, 0) is 30.6 Å². The van der Waals surface area contributed by atoms with Gasteiger partial charge in [-0.2, -0.15) is 5.26 Å². The quantitative estimate of drug-likeness (QED) is 0.683. The Balaban J connectivity index is 2.73. The van der Waals surface area contributed by atoms with E-state index in [1.807, 2.05) is 0 Å². The van der Waals surface area contributed by atoms with Crippen LogP contribution in [0.1, 0.15) is 46.5 Å². The van der Waals surface area contributed by atoms with E-state index in [9.17, 15) is 0 Å². The van der Waals surface area contributed by atoms with Gasteiger partial charge >= 0.3 is 0 Å². The molecule has 1 nitrogen and oxygen atoms in total. The number of hydrogen-bond donors (Lipinski definition) is 0. The Bertz CT molecular complexity index is 229. The van der Waals surface area contributed by atoms with Gasteiger partial charge in [0, 0.05) is 4.83 Å². The number of alkyl halides is 1. The molecule has 1 aliphatic carbocycles. The fourth-order valence-electron chi connectivity index (χ4n) is 2.46. The molecule has 14 heavy (non-hydrogen) atoms. The van der Waals surface area contributed by atoms with Gasteiger partial charge in [0.2, 0.25) is 0 Å². The van der Waals surface area contributed by atoms with Gasteiger partial charge in [0.1, 0.15) is 0 Å². The van der Waals surface area contributed by atoms with Gasteiger partial charge in [-0.3, -0.25) is 0 Å². The predicted octanol–water partition coefficient (Wildman–Crippen LogP) is 4.13. The normalized spacial score (nSPS) is 33.8. The first-order valence-corrected chi connectivity index (χ1v) is 6.46. The summed E-state index contributed by atoms with van der Waals surface area (Å²) >= 11 is 3.63. The number of halogens is 1. The SMILES string of the molecule is CCC(C)(C)C1CCC(Br)CC1C#N. The zero-order chi connectivity index (χ0) is 10.8. The van der Waals surface area contributed by atoms with Gasteiger partial charge in [0.25, 0.3) is 0 Å². The summed E-state index contributed by atoms with van der Waals surface area (Å²) < 4.78 is 0. The van der Waals surface area contributed by atoms with Crippen LogP contribution in [0.15, 0.2) is 0 Å². The lowest BCUT2D eigenvalue weighted by Crippen LogP contribution is -2.34. The highest BCUT2D eigenvalue weighted by Gasteiger charge is 2.38. The van der Waals surface area contributed by atoms with Gasteiger partial charge < -0.3 is 0 Å². The Kier molecular flexibility index (Phi) is 4.01. The Morgan fingerprint density at radius 2 is 2.07 bits per heavy atom. The molecular formula is C12H20BrN. The van der Waals surface area contributed by atoms with Crippen molar-refractivity contribution in [1.82, 2.24) is 0 Å². The van der Waals surface area contributed by atoms with E-state index in [0.717, 1.165) is 6.42 Å². The zero-order valence-corrected chi connectivity index (χ0v) is 11.0. The molecule has 0 aliphatic heterocycles. The molecule has 0 radical (unpaired) electrons. The molecular weight excluding hydrogens is 238 g/mol. The largest absolute Gasteiger partial charge is 0.198 e. The molecule has 0 N–H and O–H groups in total. The summed E-state index contributed by atoms with van der Waals surface area (Å²) in [5.41, 5.74) is 0.327. The molecule has 3 unspecified atom stereocenters. The second-order valence-electron chi connectivity index (χ2n) is 5.09. The van der Waals surface area contributed by atoms with Gasteiger partial charge in [0.15, 0.2) is 0 Å². The predicted molar refractivity (Wildman–Crippen MR) is 63.2 cm³/mol. The van der Waals surface area contributed by atoms with Gasteiger partial charge in [-0.15, -0.1) is 0 Å². The second-order valence-corrected chi connectivity index (χ2v) is 6.39. The van der Waals surface area contributed by atoms with E-state index in [1.165, 1.54) is 19.3 Å². The first kappa shape index (κ1) is 12.0. The number of nitrogens with zero attached hydrogens (tertiary/aromatic N) is 1.